The zero-order valence-electron chi connectivity index (χ0n) is 24.1. The lowest BCUT2D eigenvalue weighted by Crippen LogP contribution is -2.51. The monoisotopic (exact) mass is 597 g/mol. The minimum absolute atomic E-state index is 0.0189. The van der Waals surface area contributed by atoms with Crippen LogP contribution in [0.2, 0.25) is 0 Å². The SMILES string of the molecule is COCCOC1(C(=O)N(C)OC)CCC(c2nc3c(-c4ccn(-c5ccccc5)n4)cnn3c(N)c2S(C)(=O)=O)CC1. The van der Waals surface area contributed by atoms with Gasteiger partial charge in [-0.25, -0.2) is 23.1 Å². The van der Waals surface area contributed by atoms with Crippen LogP contribution >= 0.6 is 0 Å². The topological polar surface area (TPSA) is 156 Å². The van der Waals surface area contributed by atoms with Crippen LogP contribution in [-0.2, 0) is 28.9 Å². The lowest BCUT2D eigenvalue weighted by Gasteiger charge is -2.40. The number of carbonyl (C=O) groups is 1. The number of nitrogen functional groups attached to an aromatic ring is 1. The van der Waals surface area contributed by atoms with E-state index in [2.05, 4.69) is 5.10 Å². The Morgan fingerprint density at radius 1 is 1.14 bits per heavy atom. The summed E-state index contributed by atoms with van der Waals surface area (Å²) in [5.41, 5.74) is 8.21. The van der Waals surface area contributed by atoms with E-state index in [-0.39, 0.29) is 29.1 Å². The Hall–Kier alpha value is -3.85. The van der Waals surface area contributed by atoms with Gasteiger partial charge >= 0.3 is 0 Å². The normalized spacial score (nSPS) is 19.3. The predicted octanol–water partition coefficient (Wildman–Crippen LogP) is 2.65. The van der Waals surface area contributed by atoms with E-state index in [0.717, 1.165) is 17.0 Å². The maximum Gasteiger partial charge on any atom is 0.278 e. The van der Waals surface area contributed by atoms with Crippen LogP contribution in [0.3, 0.4) is 0 Å². The molecule has 0 saturated heterocycles. The Morgan fingerprint density at radius 2 is 1.86 bits per heavy atom. The van der Waals surface area contributed by atoms with Crippen molar-refractivity contribution in [2.24, 2.45) is 0 Å². The molecule has 0 radical (unpaired) electrons. The van der Waals surface area contributed by atoms with E-state index in [1.165, 1.54) is 18.7 Å². The molecule has 3 aromatic heterocycles. The Kier molecular flexibility index (Phi) is 8.32. The molecule has 0 aliphatic heterocycles. The molecule has 0 spiro atoms. The molecule has 1 fully saturated rings. The first kappa shape index (κ1) is 29.6. The largest absolute Gasteiger partial charge is 0.382 e. The molecule has 1 aromatic carbocycles. The number of hydrogen-bond donors (Lipinski definition) is 1. The number of nitrogens with two attached hydrogens (primary N) is 1. The molecule has 1 saturated carbocycles. The van der Waals surface area contributed by atoms with E-state index < -0.39 is 15.4 Å². The summed E-state index contributed by atoms with van der Waals surface area (Å²) in [5, 5.41) is 10.2. The average Bonchev–Trinajstić information content (AvgIpc) is 3.64. The molecule has 13 nitrogen and oxygen atoms in total. The van der Waals surface area contributed by atoms with Gasteiger partial charge in [0, 0.05) is 32.5 Å². The first-order valence-corrected chi connectivity index (χ1v) is 15.4. The number of para-hydroxylation sites is 1. The number of methoxy groups -OCH3 is 1. The summed E-state index contributed by atoms with van der Waals surface area (Å²) in [6.45, 7) is 0.553. The number of rotatable bonds is 10. The van der Waals surface area contributed by atoms with Crippen molar-refractivity contribution in [3.63, 3.8) is 0 Å². The van der Waals surface area contributed by atoms with Gasteiger partial charge in [-0.3, -0.25) is 9.63 Å². The highest BCUT2D eigenvalue weighted by atomic mass is 32.2. The van der Waals surface area contributed by atoms with Gasteiger partial charge in [-0.1, -0.05) is 18.2 Å². The summed E-state index contributed by atoms with van der Waals surface area (Å²) in [6, 6.07) is 11.5. The number of fused-ring (bicyclic) bond motifs is 1. The quantitative estimate of drug-likeness (QED) is 0.213. The van der Waals surface area contributed by atoms with Crippen molar-refractivity contribution in [1.82, 2.24) is 29.4 Å². The van der Waals surface area contributed by atoms with Crippen LogP contribution in [0.15, 0.2) is 53.7 Å². The van der Waals surface area contributed by atoms with Crippen molar-refractivity contribution in [1.29, 1.82) is 0 Å². The first-order chi connectivity index (χ1) is 20.1. The minimum atomic E-state index is -3.78. The number of nitrogens with zero attached hydrogens (tertiary/aromatic N) is 6. The fraction of sp³-hybridized carbons (Fsp3) is 0.429. The van der Waals surface area contributed by atoms with Crippen LogP contribution in [0.25, 0.3) is 22.6 Å². The van der Waals surface area contributed by atoms with Gasteiger partial charge in [0.1, 0.15) is 16.3 Å². The second-order valence-corrected chi connectivity index (χ2v) is 12.3. The third-order valence-electron chi connectivity index (χ3n) is 7.72. The van der Waals surface area contributed by atoms with E-state index in [1.807, 2.05) is 42.6 Å². The Bertz CT molecular complexity index is 1680. The van der Waals surface area contributed by atoms with Crippen LogP contribution in [0.5, 0.6) is 0 Å². The molecular formula is C28H35N7O6S. The molecule has 14 heteroatoms. The molecule has 3 heterocycles. The molecule has 42 heavy (non-hydrogen) atoms. The molecule has 0 unspecified atom stereocenters. The highest BCUT2D eigenvalue weighted by molar-refractivity contribution is 7.91. The Morgan fingerprint density at radius 3 is 2.50 bits per heavy atom. The second-order valence-electron chi connectivity index (χ2n) is 10.4. The van der Waals surface area contributed by atoms with E-state index in [1.54, 1.807) is 18.0 Å². The van der Waals surface area contributed by atoms with E-state index in [9.17, 15) is 13.2 Å². The fourth-order valence-electron chi connectivity index (χ4n) is 5.52. The number of carbonyl (C=O) groups excluding carboxylic acids is 1. The van der Waals surface area contributed by atoms with Gasteiger partial charge in [-0.2, -0.15) is 14.7 Å². The standard InChI is InChI=1S/C28H35N7O6S/c1-33(40-3)27(36)28(41-17-16-39-2)13-10-19(11-14-28)23-24(42(4,37)38)25(29)35-26(31-23)21(18-30-35)22-12-15-34(32-22)20-8-6-5-7-9-20/h5-9,12,15,18-19H,10-11,13-14,16-17,29H2,1-4H3. The highest BCUT2D eigenvalue weighted by Crippen LogP contribution is 2.43. The summed E-state index contributed by atoms with van der Waals surface area (Å²) in [6.07, 6.45) is 6.07. The highest BCUT2D eigenvalue weighted by Gasteiger charge is 2.46. The van der Waals surface area contributed by atoms with Crippen LogP contribution in [-0.4, -0.2) is 90.1 Å². The first-order valence-electron chi connectivity index (χ1n) is 13.5. The molecule has 0 bridgehead atoms. The average molecular weight is 598 g/mol. The maximum absolute atomic E-state index is 13.3. The molecule has 0 atom stereocenters. The van der Waals surface area contributed by atoms with Crippen molar-refractivity contribution in [3.05, 3.63) is 54.5 Å². The predicted molar refractivity (Wildman–Crippen MR) is 155 cm³/mol. The number of aromatic nitrogens is 5. The van der Waals surface area contributed by atoms with Gasteiger partial charge < -0.3 is 15.2 Å². The van der Waals surface area contributed by atoms with Crippen molar-refractivity contribution >= 4 is 27.2 Å². The van der Waals surface area contributed by atoms with E-state index >= 15 is 0 Å². The summed E-state index contributed by atoms with van der Waals surface area (Å²) < 4.78 is 40.4. The van der Waals surface area contributed by atoms with Crippen LogP contribution in [0.4, 0.5) is 5.82 Å². The molecule has 1 amide bonds. The van der Waals surface area contributed by atoms with Crippen molar-refractivity contribution < 1.29 is 27.5 Å². The number of hydrogen-bond acceptors (Lipinski definition) is 10. The van der Waals surface area contributed by atoms with Crippen LogP contribution in [0, 0.1) is 0 Å². The lowest BCUT2D eigenvalue weighted by molar-refractivity contribution is -0.200. The number of ether oxygens (including phenoxy) is 2. The summed E-state index contributed by atoms with van der Waals surface area (Å²) >= 11 is 0. The van der Waals surface area contributed by atoms with Gasteiger partial charge in [0.15, 0.2) is 15.5 Å². The van der Waals surface area contributed by atoms with Gasteiger partial charge in [-0.05, 0) is 43.9 Å². The fourth-order valence-corrected chi connectivity index (χ4v) is 6.57. The maximum atomic E-state index is 13.3. The summed E-state index contributed by atoms with van der Waals surface area (Å²) in [4.78, 5) is 23.3. The Balaban J connectivity index is 1.54. The van der Waals surface area contributed by atoms with Crippen molar-refractivity contribution in [2.75, 3.05) is 46.5 Å². The number of benzene rings is 1. The molecule has 1 aliphatic rings. The molecule has 4 aromatic rings. The van der Waals surface area contributed by atoms with E-state index in [0.29, 0.717) is 54.9 Å². The third kappa shape index (κ3) is 5.50. The number of amides is 1. The van der Waals surface area contributed by atoms with Crippen LogP contribution < -0.4 is 5.73 Å². The number of sulfone groups is 1. The van der Waals surface area contributed by atoms with Gasteiger partial charge in [0.05, 0.1) is 49.2 Å². The number of likely N-dealkylation sites (N-methyl/N-ethyl adjacent to an activating group) is 1. The zero-order chi connectivity index (χ0) is 30.1. The zero-order valence-corrected chi connectivity index (χ0v) is 24.9. The second kappa shape index (κ2) is 11.8. The van der Waals surface area contributed by atoms with E-state index in [4.69, 9.17) is 30.1 Å². The number of anilines is 1. The lowest BCUT2D eigenvalue weighted by atomic mass is 9.76. The van der Waals surface area contributed by atoms with Gasteiger partial charge in [0.2, 0.25) is 0 Å². The third-order valence-corrected chi connectivity index (χ3v) is 8.88. The molecule has 2 N–H and O–H groups in total. The number of hydroxylamine groups is 2. The van der Waals surface area contributed by atoms with Crippen molar-refractivity contribution in [2.45, 2.75) is 42.1 Å². The van der Waals surface area contributed by atoms with Crippen LogP contribution in [0.1, 0.15) is 37.3 Å². The molecule has 1 aliphatic carbocycles. The van der Waals surface area contributed by atoms with Crippen molar-refractivity contribution in [3.8, 4) is 16.9 Å². The Labute approximate surface area is 244 Å². The summed E-state index contributed by atoms with van der Waals surface area (Å²) in [5.74, 6) is -0.626. The van der Waals surface area contributed by atoms with Gasteiger partial charge in [0.25, 0.3) is 5.91 Å². The molecule has 224 valence electrons. The molecule has 5 rings (SSSR count). The smallest absolute Gasteiger partial charge is 0.278 e. The minimum Gasteiger partial charge on any atom is -0.382 e. The summed E-state index contributed by atoms with van der Waals surface area (Å²) in [7, 11) is 0.729. The molecular weight excluding hydrogens is 562 g/mol. The van der Waals surface area contributed by atoms with Gasteiger partial charge in [-0.15, -0.1) is 0 Å².